The number of rotatable bonds is 12. The number of ketones is 1. The molecule has 4 nitrogen and oxygen atoms in total. The molecule has 0 amide bonds. The minimum absolute atomic E-state index is 0.0327. The van der Waals surface area contributed by atoms with Crippen LogP contribution < -0.4 is 10.1 Å². The Labute approximate surface area is 207 Å². The van der Waals surface area contributed by atoms with Crippen molar-refractivity contribution >= 4 is 5.78 Å². The average molecular weight is 466 g/mol. The van der Waals surface area contributed by atoms with Crippen LogP contribution in [-0.2, 0) is 6.42 Å². The number of aryl methyl sites for hydroxylation is 1. The fraction of sp³-hybridized carbons (Fsp3) is 0.194. The summed E-state index contributed by atoms with van der Waals surface area (Å²) in [5.74, 6) is 0.539. The highest BCUT2D eigenvalue weighted by atomic mass is 16.5. The number of nitrogens with one attached hydrogen (secondary N) is 1. The summed E-state index contributed by atoms with van der Waals surface area (Å²) in [5.41, 5.74) is 3.93. The Bertz CT molecular complexity index is 1140. The van der Waals surface area contributed by atoms with Gasteiger partial charge in [0.05, 0.1) is 11.6 Å². The van der Waals surface area contributed by atoms with Crippen LogP contribution in [0.2, 0.25) is 0 Å². The molecule has 4 aromatic rings. The van der Waals surface area contributed by atoms with E-state index in [0.717, 1.165) is 16.7 Å². The molecule has 0 saturated heterocycles. The van der Waals surface area contributed by atoms with Crippen molar-refractivity contribution < 1.29 is 14.6 Å². The molecule has 0 aliphatic carbocycles. The predicted molar refractivity (Wildman–Crippen MR) is 140 cm³/mol. The Morgan fingerprint density at radius 3 is 1.91 bits per heavy atom. The molecular weight excluding hydrogens is 434 g/mol. The van der Waals surface area contributed by atoms with Gasteiger partial charge in [-0.05, 0) is 35.2 Å². The Hall–Kier alpha value is -3.73. The van der Waals surface area contributed by atoms with Gasteiger partial charge in [-0.2, -0.15) is 0 Å². The van der Waals surface area contributed by atoms with Gasteiger partial charge in [-0.1, -0.05) is 103 Å². The molecule has 35 heavy (non-hydrogen) atoms. The quantitative estimate of drug-likeness (QED) is 0.267. The lowest BCUT2D eigenvalue weighted by Crippen LogP contribution is -2.34. The number of ether oxygens (including phenoxy) is 1. The lowest BCUT2D eigenvalue weighted by Gasteiger charge is -2.22. The molecule has 0 aliphatic heterocycles. The molecule has 0 radical (unpaired) electrons. The summed E-state index contributed by atoms with van der Waals surface area (Å²) in [5, 5.41) is 14.1. The van der Waals surface area contributed by atoms with E-state index < -0.39 is 6.10 Å². The summed E-state index contributed by atoms with van der Waals surface area (Å²) in [6, 6.07) is 37.5. The summed E-state index contributed by atoms with van der Waals surface area (Å²) in [7, 11) is 0. The van der Waals surface area contributed by atoms with E-state index in [4.69, 9.17) is 4.74 Å². The van der Waals surface area contributed by atoms with Crippen LogP contribution in [0.1, 0.15) is 39.5 Å². The number of carbonyl (C=O) groups excluding carboxylic acids is 1. The van der Waals surface area contributed by atoms with E-state index in [9.17, 15) is 9.90 Å². The Kier molecular flexibility index (Phi) is 8.82. The van der Waals surface area contributed by atoms with Crippen LogP contribution in [0.15, 0.2) is 115 Å². The normalized spacial score (nSPS) is 11.8. The zero-order valence-corrected chi connectivity index (χ0v) is 19.7. The van der Waals surface area contributed by atoms with E-state index in [0.29, 0.717) is 30.7 Å². The maximum absolute atomic E-state index is 12.9. The van der Waals surface area contributed by atoms with Crippen LogP contribution in [0, 0.1) is 0 Å². The predicted octanol–water partition coefficient (Wildman–Crippen LogP) is 5.62. The summed E-state index contributed by atoms with van der Waals surface area (Å²) >= 11 is 0. The number of carbonyl (C=O) groups is 1. The molecule has 0 spiro atoms. The highest BCUT2D eigenvalue weighted by Crippen LogP contribution is 2.23. The highest BCUT2D eigenvalue weighted by molar-refractivity contribution is 5.98. The molecule has 4 rings (SSSR count). The van der Waals surface area contributed by atoms with Crippen molar-refractivity contribution in [1.82, 2.24) is 5.32 Å². The molecule has 1 atom stereocenters. The number of hydrogen-bond donors (Lipinski definition) is 2. The van der Waals surface area contributed by atoms with Crippen LogP contribution in [0.3, 0.4) is 0 Å². The van der Waals surface area contributed by atoms with Crippen molar-refractivity contribution in [2.75, 3.05) is 13.2 Å². The summed E-state index contributed by atoms with van der Waals surface area (Å²) in [6.45, 7) is 0.435. The van der Waals surface area contributed by atoms with Crippen molar-refractivity contribution in [3.8, 4) is 5.75 Å². The number of hydrogen-bond acceptors (Lipinski definition) is 4. The van der Waals surface area contributed by atoms with Gasteiger partial charge in [0.1, 0.15) is 18.5 Å². The summed E-state index contributed by atoms with van der Waals surface area (Å²) in [6.07, 6.45) is 0.350. The monoisotopic (exact) mass is 465 g/mol. The zero-order valence-electron chi connectivity index (χ0n) is 19.7. The van der Waals surface area contributed by atoms with Gasteiger partial charge in [0.15, 0.2) is 5.78 Å². The number of Topliss-reactive ketones (excluding diaryl/α,β-unsaturated/α-hetero) is 1. The van der Waals surface area contributed by atoms with Crippen molar-refractivity contribution in [3.63, 3.8) is 0 Å². The molecule has 0 saturated carbocycles. The van der Waals surface area contributed by atoms with Gasteiger partial charge in [-0.25, -0.2) is 0 Å². The van der Waals surface area contributed by atoms with Crippen LogP contribution in [0.4, 0.5) is 0 Å². The molecule has 0 aromatic heterocycles. The number of benzene rings is 4. The Balaban J connectivity index is 1.34. The fourth-order valence-corrected chi connectivity index (χ4v) is 4.08. The summed E-state index contributed by atoms with van der Waals surface area (Å²) < 4.78 is 5.90. The van der Waals surface area contributed by atoms with Gasteiger partial charge in [0, 0.05) is 13.0 Å². The minimum Gasteiger partial charge on any atom is -0.490 e. The lowest BCUT2D eigenvalue weighted by atomic mass is 9.98. The van der Waals surface area contributed by atoms with Crippen molar-refractivity contribution in [2.45, 2.75) is 25.0 Å². The Morgan fingerprint density at radius 1 is 0.743 bits per heavy atom. The first-order chi connectivity index (χ1) is 17.2. The van der Waals surface area contributed by atoms with Crippen molar-refractivity contribution in [2.24, 2.45) is 0 Å². The third-order valence-corrected chi connectivity index (χ3v) is 5.93. The molecule has 0 fully saturated rings. The van der Waals surface area contributed by atoms with E-state index in [1.165, 1.54) is 0 Å². The molecule has 0 bridgehead atoms. The first-order valence-electron chi connectivity index (χ1n) is 12.0. The van der Waals surface area contributed by atoms with Gasteiger partial charge in [0.2, 0.25) is 0 Å². The van der Waals surface area contributed by atoms with Crippen LogP contribution in [0.5, 0.6) is 5.75 Å². The van der Waals surface area contributed by atoms with Crippen molar-refractivity contribution in [1.29, 1.82) is 0 Å². The minimum atomic E-state index is -0.739. The highest BCUT2D eigenvalue weighted by Gasteiger charge is 2.17. The van der Waals surface area contributed by atoms with Gasteiger partial charge >= 0.3 is 0 Å². The third kappa shape index (κ3) is 7.12. The third-order valence-electron chi connectivity index (χ3n) is 5.93. The molecule has 0 heterocycles. The van der Waals surface area contributed by atoms with Crippen LogP contribution in [0.25, 0.3) is 0 Å². The van der Waals surface area contributed by atoms with E-state index in [2.05, 4.69) is 29.6 Å². The first kappa shape index (κ1) is 24.4. The largest absolute Gasteiger partial charge is 0.490 e. The maximum Gasteiger partial charge on any atom is 0.166 e. The molecule has 178 valence electrons. The number of para-hydroxylation sites is 1. The van der Waals surface area contributed by atoms with Crippen LogP contribution >= 0.6 is 0 Å². The summed E-state index contributed by atoms with van der Waals surface area (Å²) in [4.78, 5) is 12.9. The molecule has 2 N–H and O–H groups in total. The van der Waals surface area contributed by atoms with Gasteiger partial charge < -0.3 is 15.2 Å². The van der Waals surface area contributed by atoms with Gasteiger partial charge in [0.25, 0.3) is 0 Å². The van der Waals surface area contributed by atoms with Gasteiger partial charge in [-0.3, -0.25) is 4.79 Å². The molecule has 1 unspecified atom stereocenters. The van der Waals surface area contributed by atoms with E-state index >= 15 is 0 Å². The zero-order chi connectivity index (χ0) is 24.3. The fourth-order valence-electron chi connectivity index (χ4n) is 4.08. The van der Waals surface area contributed by atoms with E-state index in [-0.39, 0.29) is 18.4 Å². The smallest absolute Gasteiger partial charge is 0.166 e. The first-order valence-corrected chi connectivity index (χ1v) is 12.0. The topological polar surface area (TPSA) is 58.6 Å². The number of aliphatic hydroxyl groups excluding tert-OH is 1. The molecule has 0 aliphatic rings. The maximum atomic E-state index is 12.9. The molecule has 4 aromatic carbocycles. The van der Waals surface area contributed by atoms with E-state index in [1.807, 2.05) is 78.9 Å². The average Bonchev–Trinajstić information content (AvgIpc) is 2.92. The second kappa shape index (κ2) is 12.7. The second-order valence-electron chi connectivity index (χ2n) is 8.53. The van der Waals surface area contributed by atoms with Crippen molar-refractivity contribution in [3.05, 3.63) is 138 Å². The van der Waals surface area contributed by atoms with Crippen LogP contribution in [-0.4, -0.2) is 30.1 Å². The van der Waals surface area contributed by atoms with Gasteiger partial charge in [-0.15, -0.1) is 0 Å². The van der Waals surface area contributed by atoms with E-state index in [1.54, 1.807) is 12.1 Å². The SMILES string of the molecule is O=C(CCc1ccccc1)c1ccccc1OCC(O)CNC(c1ccccc1)c1ccccc1. The molecule has 4 heteroatoms. The lowest BCUT2D eigenvalue weighted by molar-refractivity contribution is 0.0946. The number of aliphatic hydroxyl groups is 1. The molecular formula is C31H31NO3. The second-order valence-corrected chi connectivity index (χ2v) is 8.53. The standard InChI is InChI=1S/C31H31NO3/c33-27(22-32-31(25-14-6-2-7-15-25)26-16-8-3-9-17-26)23-35-30-19-11-10-18-28(30)29(34)21-20-24-12-4-1-5-13-24/h1-19,27,31-33H,20-23H2. The Morgan fingerprint density at radius 2 is 1.29 bits per heavy atom.